The van der Waals surface area contributed by atoms with Crippen molar-refractivity contribution in [2.45, 2.75) is 0 Å². The number of aromatic hydroxyl groups is 1. The van der Waals surface area contributed by atoms with Crippen LogP contribution in [0.4, 0.5) is 10.5 Å². The first-order valence-electron chi connectivity index (χ1n) is 4.62. The molecule has 1 rings (SSSR count). The molecule has 0 unspecified atom stereocenters. The fourth-order valence-corrected chi connectivity index (χ4v) is 1.07. The minimum atomic E-state index is -1.31. The molecule has 0 heterocycles. The fraction of sp³-hybridized carbons (Fsp3) is 0.100. The summed E-state index contributed by atoms with van der Waals surface area (Å²) in [4.78, 5) is 31.8. The molecule has 0 spiro atoms. The number of aromatic carboxylic acids is 1. The molecule has 0 aromatic heterocycles. The molecular weight excluding hydrogens is 246 g/mol. The van der Waals surface area contributed by atoms with E-state index in [2.05, 4.69) is 10.1 Å². The molecule has 8 heteroatoms. The SMILES string of the molecule is O=C(O)COC(=O)Nc1ccc(C(=O)O)c(O)c1. The number of ether oxygens (including phenoxy) is 1. The number of hydrogen-bond acceptors (Lipinski definition) is 5. The smallest absolute Gasteiger partial charge is 0.412 e. The molecule has 0 aliphatic carbocycles. The Morgan fingerprint density at radius 3 is 2.39 bits per heavy atom. The molecular formula is C10H9NO7. The van der Waals surface area contributed by atoms with Crippen molar-refractivity contribution in [2.75, 3.05) is 11.9 Å². The number of carboxylic acids is 2. The molecule has 1 aromatic rings. The third-order valence-electron chi connectivity index (χ3n) is 1.80. The van der Waals surface area contributed by atoms with Crippen LogP contribution >= 0.6 is 0 Å². The third-order valence-corrected chi connectivity index (χ3v) is 1.80. The second-order valence-corrected chi connectivity index (χ2v) is 3.13. The van der Waals surface area contributed by atoms with Gasteiger partial charge in [-0.25, -0.2) is 14.4 Å². The highest BCUT2D eigenvalue weighted by molar-refractivity contribution is 5.93. The lowest BCUT2D eigenvalue weighted by molar-refractivity contribution is -0.140. The van der Waals surface area contributed by atoms with Crippen molar-refractivity contribution in [3.8, 4) is 5.75 Å². The molecule has 0 aliphatic heterocycles. The van der Waals surface area contributed by atoms with E-state index in [4.69, 9.17) is 10.2 Å². The van der Waals surface area contributed by atoms with Gasteiger partial charge in [-0.3, -0.25) is 5.32 Å². The average Bonchev–Trinajstić information content (AvgIpc) is 2.26. The standard InChI is InChI=1S/C10H9NO7/c12-7-3-5(1-2-6(7)9(15)16)11-10(17)18-4-8(13)14/h1-3,12H,4H2,(H,11,17)(H,13,14)(H,15,16). The highest BCUT2D eigenvalue weighted by Gasteiger charge is 2.11. The van der Waals surface area contributed by atoms with Gasteiger partial charge in [0.15, 0.2) is 6.61 Å². The molecule has 96 valence electrons. The van der Waals surface area contributed by atoms with Crippen molar-refractivity contribution < 1.29 is 34.4 Å². The van der Waals surface area contributed by atoms with Crippen LogP contribution in [0.15, 0.2) is 18.2 Å². The summed E-state index contributed by atoms with van der Waals surface area (Å²) < 4.78 is 4.28. The van der Waals surface area contributed by atoms with Crippen molar-refractivity contribution in [2.24, 2.45) is 0 Å². The minimum Gasteiger partial charge on any atom is -0.507 e. The lowest BCUT2D eigenvalue weighted by Crippen LogP contribution is -2.18. The second kappa shape index (κ2) is 5.53. The van der Waals surface area contributed by atoms with Gasteiger partial charge in [-0.1, -0.05) is 0 Å². The topological polar surface area (TPSA) is 133 Å². The van der Waals surface area contributed by atoms with Gasteiger partial charge < -0.3 is 20.1 Å². The predicted molar refractivity (Wildman–Crippen MR) is 57.7 cm³/mol. The van der Waals surface area contributed by atoms with E-state index >= 15 is 0 Å². The molecule has 0 fully saturated rings. The van der Waals surface area contributed by atoms with Crippen LogP contribution in [0.3, 0.4) is 0 Å². The van der Waals surface area contributed by atoms with Crippen LogP contribution in [0.5, 0.6) is 5.75 Å². The Balaban J connectivity index is 2.69. The molecule has 0 bridgehead atoms. The van der Waals surface area contributed by atoms with Gasteiger partial charge in [0, 0.05) is 11.8 Å². The number of carbonyl (C=O) groups excluding carboxylic acids is 1. The van der Waals surface area contributed by atoms with E-state index in [0.717, 1.165) is 12.1 Å². The first-order chi connectivity index (χ1) is 8.40. The minimum absolute atomic E-state index is 0.0767. The number of benzene rings is 1. The number of aliphatic carboxylic acids is 1. The molecule has 8 nitrogen and oxygen atoms in total. The summed E-state index contributed by atoms with van der Waals surface area (Å²) in [5.41, 5.74) is -0.243. The number of anilines is 1. The van der Waals surface area contributed by atoms with Crippen LogP contribution < -0.4 is 5.32 Å². The molecule has 0 saturated heterocycles. The Bertz CT molecular complexity index is 497. The van der Waals surface area contributed by atoms with Gasteiger partial charge in [0.2, 0.25) is 0 Å². The normalized spacial score (nSPS) is 9.56. The number of carboxylic acid groups (broad SMARTS) is 2. The summed E-state index contributed by atoms with van der Waals surface area (Å²) in [7, 11) is 0. The highest BCUT2D eigenvalue weighted by atomic mass is 16.6. The summed E-state index contributed by atoms with van der Waals surface area (Å²) in [6, 6.07) is 3.32. The van der Waals surface area contributed by atoms with Crippen LogP contribution in [0.2, 0.25) is 0 Å². The largest absolute Gasteiger partial charge is 0.507 e. The van der Waals surface area contributed by atoms with E-state index in [1.165, 1.54) is 6.07 Å². The highest BCUT2D eigenvalue weighted by Crippen LogP contribution is 2.21. The van der Waals surface area contributed by atoms with E-state index in [1.807, 2.05) is 0 Å². The maximum Gasteiger partial charge on any atom is 0.412 e. The van der Waals surface area contributed by atoms with E-state index in [1.54, 1.807) is 0 Å². The predicted octanol–water partition coefficient (Wildman–Crippen LogP) is 0.724. The number of hydrogen-bond donors (Lipinski definition) is 4. The van der Waals surface area contributed by atoms with Crippen LogP contribution in [-0.4, -0.2) is 40.0 Å². The van der Waals surface area contributed by atoms with Crippen molar-refractivity contribution in [3.63, 3.8) is 0 Å². The van der Waals surface area contributed by atoms with Crippen LogP contribution in [0, 0.1) is 0 Å². The van der Waals surface area contributed by atoms with Crippen molar-refractivity contribution in [3.05, 3.63) is 23.8 Å². The van der Waals surface area contributed by atoms with E-state index < -0.39 is 30.4 Å². The van der Waals surface area contributed by atoms with Gasteiger partial charge in [0.1, 0.15) is 11.3 Å². The fourth-order valence-electron chi connectivity index (χ4n) is 1.07. The molecule has 0 radical (unpaired) electrons. The van der Waals surface area contributed by atoms with E-state index in [9.17, 15) is 19.5 Å². The molecule has 18 heavy (non-hydrogen) atoms. The molecule has 4 N–H and O–H groups in total. The molecule has 0 saturated carbocycles. The van der Waals surface area contributed by atoms with Gasteiger partial charge in [-0.15, -0.1) is 0 Å². The van der Waals surface area contributed by atoms with Gasteiger partial charge in [0.25, 0.3) is 0 Å². The maximum atomic E-state index is 11.1. The molecule has 0 aliphatic rings. The number of phenols is 1. The Labute approximate surface area is 100 Å². The van der Waals surface area contributed by atoms with Gasteiger partial charge >= 0.3 is 18.0 Å². The zero-order chi connectivity index (χ0) is 13.7. The van der Waals surface area contributed by atoms with Gasteiger partial charge in [0.05, 0.1) is 0 Å². The summed E-state index contributed by atoms with van der Waals surface area (Å²) in [6.07, 6.45) is -1.03. The van der Waals surface area contributed by atoms with Crippen molar-refractivity contribution in [1.29, 1.82) is 0 Å². The molecule has 1 aromatic carbocycles. The summed E-state index contributed by atoms with van der Waals surface area (Å²) in [6.45, 7) is -0.801. The van der Waals surface area contributed by atoms with Gasteiger partial charge in [-0.2, -0.15) is 0 Å². The second-order valence-electron chi connectivity index (χ2n) is 3.13. The molecule has 0 atom stereocenters. The Morgan fingerprint density at radius 2 is 1.89 bits per heavy atom. The maximum absolute atomic E-state index is 11.1. The number of nitrogens with one attached hydrogen (secondary N) is 1. The monoisotopic (exact) mass is 255 g/mol. The summed E-state index contributed by atoms with van der Waals surface area (Å²) in [5, 5.41) is 28.4. The van der Waals surface area contributed by atoms with E-state index in [-0.39, 0.29) is 11.3 Å². The zero-order valence-electron chi connectivity index (χ0n) is 8.91. The van der Waals surface area contributed by atoms with Crippen LogP contribution in [0.25, 0.3) is 0 Å². The molecule has 1 amide bonds. The van der Waals surface area contributed by atoms with Crippen molar-refractivity contribution in [1.82, 2.24) is 0 Å². The zero-order valence-corrected chi connectivity index (χ0v) is 8.91. The van der Waals surface area contributed by atoms with E-state index in [0.29, 0.717) is 0 Å². The number of amides is 1. The number of rotatable bonds is 4. The number of carbonyl (C=O) groups is 3. The average molecular weight is 255 g/mol. The summed E-state index contributed by atoms with van der Waals surface area (Å²) >= 11 is 0. The summed E-state index contributed by atoms with van der Waals surface area (Å²) in [5.74, 6) is -3.15. The quantitative estimate of drug-likeness (QED) is 0.622. The lowest BCUT2D eigenvalue weighted by atomic mass is 10.2. The third kappa shape index (κ3) is 3.67. The Hall–Kier alpha value is -2.77. The lowest BCUT2D eigenvalue weighted by Gasteiger charge is -2.06. The Morgan fingerprint density at radius 1 is 1.22 bits per heavy atom. The van der Waals surface area contributed by atoms with Gasteiger partial charge in [-0.05, 0) is 12.1 Å². The first-order valence-corrected chi connectivity index (χ1v) is 4.62. The first kappa shape index (κ1) is 13.3. The van der Waals surface area contributed by atoms with Crippen LogP contribution in [0.1, 0.15) is 10.4 Å². The Kier molecular flexibility index (Phi) is 4.08. The van der Waals surface area contributed by atoms with Crippen molar-refractivity contribution >= 4 is 23.7 Å². The van der Waals surface area contributed by atoms with Crippen LogP contribution in [-0.2, 0) is 9.53 Å².